The molecule has 8 nitrogen and oxygen atoms in total. The van der Waals surface area contributed by atoms with Crippen molar-refractivity contribution < 1.29 is 27.1 Å². The van der Waals surface area contributed by atoms with Crippen LogP contribution >= 0.6 is 0 Å². The molecule has 1 aromatic carbocycles. The summed E-state index contributed by atoms with van der Waals surface area (Å²) in [4.78, 5) is 12.2. The van der Waals surface area contributed by atoms with Crippen LogP contribution in [0.1, 0.15) is 30.0 Å². The molecular weight excluding hydrogens is 396 g/mol. The van der Waals surface area contributed by atoms with Crippen LogP contribution < -0.4 is 14.8 Å². The highest BCUT2D eigenvalue weighted by Gasteiger charge is 2.14. The summed E-state index contributed by atoms with van der Waals surface area (Å²) in [5.74, 6) is 1.85. The van der Waals surface area contributed by atoms with Gasteiger partial charge in [0.15, 0.2) is 11.5 Å². The van der Waals surface area contributed by atoms with Crippen molar-refractivity contribution in [3.8, 4) is 11.5 Å². The molecule has 1 amide bonds. The minimum Gasteiger partial charge on any atom is -0.493 e. The number of carbonyl (C=O) groups excluding carboxylic acids is 1. The van der Waals surface area contributed by atoms with Crippen LogP contribution in [0.2, 0.25) is 0 Å². The molecule has 1 aromatic heterocycles. The quantitative estimate of drug-likeness (QED) is 0.624. The van der Waals surface area contributed by atoms with Crippen molar-refractivity contribution in [2.75, 3.05) is 27.5 Å². The molecule has 9 heteroatoms. The summed E-state index contributed by atoms with van der Waals surface area (Å²) < 4.78 is 40.1. The van der Waals surface area contributed by atoms with E-state index in [1.807, 2.05) is 19.1 Å². The van der Waals surface area contributed by atoms with E-state index in [0.29, 0.717) is 23.0 Å². The van der Waals surface area contributed by atoms with Crippen LogP contribution in [0.3, 0.4) is 0 Å². The van der Waals surface area contributed by atoms with E-state index in [9.17, 15) is 13.2 Å². The molecule has 0 aliphatic rings. The molecule has 158 valence electrons. The Bertz CT molecular complexity index is 981. The molecule has 1 atom stereocenters. The summed E-state index contributed by atoms with van der Waals surface area (Å²) in [7, 11) is 1.29. The normalized spacial score (nSPS) is 12.9. The van der Waals surface area contributed by atoms with Crippen LogP contribution in [0.4, 0.5) is 0 Å². The second kappa shape index (κ2) is 9.62. The van der Waals surface area contributed by atoms with E-state index in [4.69, 9.17) is 13.9 Å². The molecule has 2 rings (SSSR count). The van der Waals surface area contributed by atoms with Crippen LogP contribution in [0.25, 0.3) is 6.08 Å². The van der Waals surface area contributed by atoms with Gasteiger partial charge in [-0.25, -0.2) is 8.42 Å². The van der Waals surface area contributed by atoms with Gasteiger partial charge in [-0.3, -0.25) is 4.79 Å². The van der Waals surface area contributed by atoms with Gasteiger partial charge in [-0.2, -0.15) is 4.31 Å². The fraction of sp³-hybridized carbons (Fsp3) is 0.350. The number of nitrogens with zero attached hydrogens (tertiary/aromatic N) is 1. The number of benzene rings is 1. The third-order valence-electron chi connectivity index (χ3n) is 4.29. The molecule has 0 saturated carbocycles. The molecule has 1 N–H and O–H groups in total. The maximum Gasteiger partial charge on any atom is 0.244 e. The first kappa shape index (κ1) is 22.5. The monoisotopic (exact) mass is 422 g/mol. The van der Waals surface area contributed by atoms with Crippen LogP contribution in [0.5, 0.6) is 11.5 Å². The van der Waals surface area contributed by atoms with Gasteiger partial charge in [0.05, 0.1) is 33.1 Å². The van der Waals surface area contributed by atoms with Crippen molar-refractivity contribution in [3.63, 3.8) is 0 Å². The number of sulfonamides is 1. The number of methoxy groups -OCH3 is 2. The average molecular weight is 423 g/mol. The van der Waals surface area contributed by atoms with E-state index >= 15 is 0 Å². The lowest BCUT2D eigenvalue weighted by molar-refractivity contribution is -0.117. The topological polar surface area (TPSA) is 98.1 Å². The maximum absolute atomic E-state index is 12.2. The van der Waals surface area contributed by atoms with Crippen molar-refractivity contribution >= 4 is 22.0 Å². The van der Waals surface area contributed by atoms with Crippen LogP contribution in [-0.4, -0.2) is 46.2 Å². The molecule has 29 heavy (non-hydrogen) atoms. The third kappa shape index (κ3) is 6.37. The summed E-state index contributed by atoms with van der Waals surface area (Å²) in [6, 6.07) is 8.54. The lowest BCUT2D eigenvalue weighted by atomic mass is 10.1. The minimum atomic E-state index is -3.29. The minimum absolute atomic E-state index is 0.120. The van der Waals surface area contributed by atoms with E-state index < -0.39 is 10.0 Å². The fourth-order valence-electron chi connectivity index (χ4n) is 2.53. The zero-order valence-electron chi connectivity index (χ0n) is 17.1. The summed E-state index contributed by atoms with van der Waals surface area (Å²) >= 11 is 0. The first-order valence-corrected chi connectivity index (χ1v) is 10.7. The molecule has 0 aliphatic heterocycles. The zero-order valence-corrected chi connectivity index (χ0v) is 17.9. The molecule has 0 aliphatic carbocycles. The smallest absolute Gasteiger partial charge is 0.244 e. The highest BCUT2D eigenvalue weighted by Crippen LogP contribution is 2.29. The molecule has 0 saturated heterocycles. The second-order valence-electron chi connectivity index (χ2n) is 6.50. The van der Waals surface area contributed by atoms with Gasteiger partial charge in [0.1, 0.15) is 11.5 Å². The van der Waals surface area contributed by atoms with Crippen molar-refractivity contribution in [2.45, 2.75) is 19.5 Å². The van der Waals surface area contributed by atoms with Crippen molar-refractivity contribution in [1.29, 1.82) is 0 Å². The highest BCUT2D eigenvalue weighted by molar-refractivity contribution is 7.88. The second-order valence-corrected chi connectivity index (χ2v) is 8.59. The van der Waals surface area contributed by atoms with Gasteiger partial charge in [0.2, 0.25) is 15.9 Å². The SMILES string of the molecule is COc1ccc(C(C)NC(=O)/C=C/c2ccc(CN(C)S(C)(=O)=O)o2)cc1OC. The van der Waals surface area contributed by atoms with E-state index in [1.165, 1.54) is 23.5 Å². The lowest BCUT2D eigenvalue weighted by Crippen LogP contribution is -2.24. The molecule has 2 aromatic rings. The van der Waals surface area contributed by atoms with Crippen LogP contribution in [0.15, 0.2) is 40.8 Å². The predicted octanol–water partition coefficient (Wildman–Crippen LogP) is 2.58. The van der Waals surface area contributed by atoms with E-state index in [1.54, 1.807) is 32.4 Å². The van der Waals surface area contributed by atoms with Crippen LogP contribution in [-0.2, 0) is 21.4 Å². The van der Waals surface area contributed by atoms with Gasteiger partial charge in [-0.05, 0) is 42.8 Å². The Morgan fingerprint density at radius 1 is 1.21 bits per heavy atom. The van der Waals surface area contributed by atoms with E-state index in [2.05, 4.69) is 5.32 Å². The van der Waals surface area contributed by atoms with Gasteiger partial charge in [-0.1, -0.05) is 6.07 Å². The van der Waals surface area contributed by atoms with Gasteiger partial charge in [-0.15, -0.1) is 0 Å². The molecular formula is C20H26N2O6S. The van der Waals surface area contributed by atoms with E-state index in [-0.39, 0.29) is 18.5 Å². The number of rotatable bonds is 9. The van der Waals surface area contributed by atoms with Gasteiger partial charge in [0, 0.05) is 13.1 Å². The summed E-state index contributed by atoms with van der Waals surface area (Å²) in [6.07, 6.45) is 4.02. The fourth-order valence-corrected chi connectivity index (χ4v) is 2.89. The summed E-state index contributed by atoms with van der Waals surface area (Å²) in [5.41, 5.74) is 0.869. The highest BCUT2D eigenvalue weighted by atomic mass is 32.2. The first-order valence-electron chi connectivity index (χ1n) is 8.84. The number of nitrogens with one attached hydrogen (secondary N) is 1. The Balaban J connectivity index is 1.98. The number of ether oxygens (including phenoxy) is 2. The lowest BCUT2D eigenvalue weighted by Gasteiger charge is -2.15. The summed E-state index contributed by atoms with van der Waals surface area (Å²) in [6.45, 7) is 1.98. The largest absolute Gasteiger partial charge is 0.493 e. The summed E-state index contributed by atoms with van der Waals surface area (Å²) in [5, 5.41) is 2.86. The molecule has 0 fully saturated rings. The standard InChI is InChI=1S/C20H26N2O6S/c1-14(15-6-10-18(26-3)19(12-15)27-4)21-20(23)11-9-16-7-8-17(28-16)13-22(2)29(5,24)25/h6-12,14H,13H2,1-5H3,(H,21,23)/b11-9+. The Kier molecular flexibility index (Phi) is 7.46. The zero-order chi connectivity index (χ0) is 21.6. The number of amides is 1. The Morgan fingerprint density at radius 2 is 1.90 bits per heavy atom. The van der Waals surface area contributed by atoms with Crippen molar-refractivity contribution in [2.24, 2.45) is 0 Å². The Labute approximate surface area is 171 Å². The molecule has 0 bridgehead atoms. The number of carbonyl (C=O) groups is 1. The number of hydrogen-bond donors (Lipinski definition) is 1. The van der Waals surface area contributed by atoms with Gasteiger partial charge in [0.25, 0.3) is 0 Å². The van der Waals surface area contributed by atoms with Crippen molar-refractivity contribution in [1.82, 2.24) is 9.62 Å². The average Bonchev–Trinajstić information content (AvgIpc) is 3.12. The molecule has 1 unspecified atom stereocenters. The molecule has 0 spiro atoms. The van der Waals surface area contributed by atoms with Gasteiger partial charge < -0.3 is 19.2 Å². The number of hydrogen-bond acceptors (Lipinski definition) is 6. The number of furan rings is 1. The first-order chi connectivity index (χ1) is 13.6. The molecule has 0 radical (unpaired) electrons. The Morgan fingerprint density at radius 3 is 2.52 bits per heavy atom. The van der Waals surface area contributed by atoms with E-state index in [0.717, 1.165) is 11.8 Å². The van der Waals surface area contributed by atoms with Gasteiger partial charge >= 0.3 is 0 Å². The third-order valence-corrected chi connectivity index (χ3v) is 5.55. The predicted molar refractivity (Wildman–Crippen MR) is 110 cm³/mol. The Hall–Kier alpha value is -2.78. The van der Waals surface area contributed by atoms with Crippen LogP contribution in [0, 0.1) is 0 Å². The van der Waals surface area contributed by atoms with Crippen molar-refractivity contribution in [3.05, 3.63) is 53.5 Å². The maximum atomic E-state index is 12.2. The molecule has 1 heterocycles.